The molecule has 1 aliphatic heterocycles. The molecule has 164 valence electrons. The zero-order valence-corrected chi connectivity index (χ0v) is 17.2. The zero-order chi connectivity index (χ0) is 22.6. The number of hydrogen-bond donors (Lipinski definition) is 2. The Hall–Kier alpha value is -3.87. The van der Waals surface area contributed by atoms with Crippen molar-refractivity contribution in [3.8, 4) is 6.07 Å². The van der Waals surface area contributed by atoms with Crippen LogP contribution in [0.2, 0.25) is 0 Å². The quantitative estimate of drug-likeness (QED) is 0.734. The molecule has 2 amide bonds. The monoisotopic (exact) mass is 437 g/mol. The molecule has 0 spiro atoms. The van der Waals surface area contributed by atoms with Gasteiger partial charge in [-0.05, 0) is 42.0 Å². The van der Waals surface area contributed by atoms with Gasteiger partial charge < -0.3 is 20.2 Å². The number of nitrogens with zero attached hydrogens (tertiary/aromatic N) is 3. The van der Waals surface area contributed by atoms with Gasteiger partial charge in [-0.25, -0.2) is 14.2 Å². The number of amides is 2. The highest BCUT2D eigenvalue weighted by molar-refractivity contribution is 5.90. The number of nitrogens with two attached hydrogens (primary N) is 1. The van der Waals surface area contributed by atoms with E-state index >= 15 is 0 Å². The highest BCUT2D eigenvalue weighted by atomic mass is 19.1. The maximum absolute atomic E-state index is 14.9. The van der Waals surface area contributed by atoms with Crippen molar-refractivity contribution in [2.24, 2.45) is 11.8 Å². The predicted octanol–water partition coefficient (Wildman–Crippen LogP) is 2.55. The first-order chi connectivity index (χ1) is 15.4. The number of fused-ring (bicyclic) bond motifs is 1. The first-order valence-corrected chi connectivity index (χ1v) is 10.2. The normalized spacial score (nSPS) is 25.7. The number of cyclic esters (lactones) is 1. The van der Waals surface area contributed by atoms with Crippen molar-refractivity contribution in [1.29, 1.82) is 5.26 Å². The van der Waals surface area contributed by atoms with Crippen LogP contribution in [0.25, 0.3) is 5.57 Å². The molecule has 2 fully saturated rings. The largest absolute Gasteiger partial charge is 0.442 e. The van der Waals surface area contributed by atoms with E-state index in [-0.39, 0.29) is 48.3 Å². The van der Waals surface area contributed by atoms with Crippen LogP contribution < -0.4 is 16.0 Å². The summed E-state index contributed by atoms with van der Waals surface area (Å²) in [5.41, 5.74) is 7.53. The van der Waals surface area contributed by atoms with E-state index in [2.05, 4.69) is 10.3 Å². The summed E-state index contributed by atoms with van der Waals surface area (Å²) in [6.45, 7) is 1.83. The molecule has 1 aromatic carbocycles. The van der Waals surface area contributed by atoms with Crippen LogP contribution in [0.4, 0.5) is 20.8 Å². The number of nitrogen functional groups attached to an aromatic ring is 1. The number of ether oxygens (including phenoxy) is 1. The minimum atomic E-state index is -0.571. The summed E-state index contributed by atoms with van der Waals surface area (Å²) >= 11 is 0. The van der Waals surface area contributed by atoms with Crippen molar-refractivity contribution in [1.82, 2.24) is 10.3 Å². The third-order valence-corrected chi connectivity index (χ3v) is 6.20. The second kappa shape index (κ2) is 7.37. The van der Waals surface area contributed by atoms with E-state index in [1.54, 1.807) is 12.1 Å². The fourth-order valence-electron chi connectivity index (χ4n) is 4.59. The van der Waals surface area contributed by atoms with Crippen molar-refractivity contribution in [3.63, 3.8) is 0 Å². The first-order valence-electron chi connectivity index (χ1n) is 10.2. The second-order valence-corrected chi connectivity index (χ2v) is 8.26. The van der Waals surface area contributed by atoms with E-state index in [0.29, 0.717) is 23.6 Å². The summed E-state index contributed by atoms with van der Waals surface area (Å²) in [4.78, 5) is 28.7. The fourth-order valence-corrected chi connectivity index (χ4v) is 4.59. The van der Waals surface area contributed by atoms with Gasteiger partial charge in [-0.2, -0.15) is 5.26 Å². The minimum Gasteiger partial charge on any atom is -0.442 e. The lowest BCUT2D eigenvalue weighted by Crippen LogP contribution is -2.33. The molecule has 1 saturated heterocycles. The zero-order valence-electron chi connectivity index (χ0n) is 17.2. The number of aromatic nitrogens is 1. The molecule has 4 atom stereocenters. The standard InChI is InChI=1S/C22H20FN5O4/c1-10(29)26-8-13-9-28(22(30)31-13)12-2-3-14(17(23)6-12)11-4-15-16(5-11)19(15)21-27-18(7-24)20(25)32-21/h2-4,6,13,15-16,19H,5,8-9,25H2,1H3,(H,26,29)/t13-,15?,16?,19?/m0/s1. The molecule has 2 aliphatic carbocycles. The highest BCUT2D eigenvalue weighted by Crippen LogP contribution is 2.63. The molecule has 3 unspecified atom stereocenters. The number of rotatable bonds is 5. The Morgan fingerprint density at radius 3 is 2.91 bits per heavy atom. The van der Waals surface area contributed by atoms with Gasteiger partial charge in [0.15, 0.2) is 0 Å². The minimum absolute atomic E-state index is 0.0260. The van der Waals surface area contributed by atoms with Crippen LogP contribution in [0.15, 0.2) is 28.7 Å². The van der Waals surface area contributed by atoms with Gasteiger partial charge in [-0.15, -0.1) is 0 Å². The van der Waals surface area contributed by atoms with Gasteiger partial charge in [-0.1, -0.05) is 6.08 Å². The first kappa shape index (κ1) is 20.1. The smallest absolute Gasteiger partial charge is 0.414 e. The summed E-state index contributed by atoms with van der Waals surface area (Å²) in [6.07, 6.45) is 1.63. The Kier molecular flexibility index (Phi) is 4.62. The number of nitriles is 1. The van der Waals surface area contributed by atoms with E-state index in [1.165, 1.54) is 17.9 Å². The molecule has 3 N–H and O–H groups in total. The lowest BCUT2D eigenvalue weighted by atomic mass is 10.00. The number of carbonyl (C=O) groups is 2. The number of anilines is 2. The molecule has 3 aliphatic rings. The van der Waals surface area contributed by atoms with E-state index in [9.17, 15) is 14.0 Å². The molecule has 2 heterocycles. The molecule has 32 heavy (non-hydrogen) atoms. The van der Waals surface area contributed by atoms with Crippen LogP contribution in [0, 0.1) is 29.0 Å². The van der Waals surface area contributed by atoms with E-state index in [1.807, 2.05) is 12.1 Å². The van der Waals surface area contributed by atoms with Gasteiger partial charge in [-0.3, -0.25) is 9.69 Å². The van der Waals surface area contributed by atoms with Crippen LogP contribution in [-0.4, -0.2) is 36.2 Å². The Morgan fingerprint density at radius 1 is 1.47 bits per heavy atom. The van der Waals surface area contributed by atoms with Gasteiger partial charge in [0.1, 0.15) is 18.0 Å². The fraction of sp³-hybridized carbons (Fsp3) is 0.364. The molecular formula is C22H20FN5O4. The topological polar surface area (TPSA) is 134 Å². The van der Waals surface area contributed by atoms with E-state index < -0.39 is 18.0 Å². The summed E-state index contributed by atoms with van der Waals surface area (Å²) in [5.74, 6) is 0.340. The van der Waals surface area contributed by atoms with Crippen molar-refractivity contribution >= 4 is 29.1 Å². The van der Waals surface area contributed by atoms with E-state index in [0.717, 1.165) is 5.57 Å². The molecular weight excluding hydrogens is 417 g/mol. The molecule has 2 aromatic rings. The van der Waals surface area contributed by atoms with Crippen LogP contribution in [-0.2, 0) is 9.53 Å². The van der Waals surface area contributed by atoms with E-state index in [4.69, 9.17) is 20.1 Å². The second-order valence-electron chi connectivity index (χ2n) is 8.26. The average Bonchev–Trinajstić information content (AvgIpc) is 3.10. The van der Waals surface area contributed by atoms with Gasteiger partial charge in [0.25, 0.3) is 0 Å². The number of hydrogen-bond acceptors (Lipinski definition) is 7. The maximum Gasteiger partial charge on any atom is 0.414 e. The van der Waals surface area contributed by atoms with Crippen molar-refractivity contribution in [3.05, 3.63) is 47.2 Å². The SMILES string of the molecule is CC(=O)NC[C@H]1CN(c2ccc(C3=CC4C(C3)C4c3nc(C#N)c(N)o3)c(F)c2)C(=O)O1. The number of benzene rings is 1. The van der Waals surface area contributed by atoms with Crippen molar-refractivity contribution in [2.75, 3.05) is 23.7 Å². The molecule has 0 bridgehead atoms. The average molecular weight is 437 g/mol. The Morgan fingerprint density at radius 2 is 2.28 bits per heavy atom. The van der Waals surface area contributed by atoms with Crippen LogP contribution in [0.3, 0.4) is 0 Å². The predicted molar refractivity (Wildman–Crippen MR) is 111 cm³/mol. The Bertz CT molecular complexity index is 1200. The number of allylic oxidation sites excluding steroid dienone is 2. The Balaban J connectivity index is 1.28. The van der Waals surface area contributed by atoms with Crippen LogP contribution >= 0.6 is 0 Å². The van der Waals surface area contributed by atoms with Gasteiger partial charge in [0.05, 0.1) is 18.8 Å². The number of carbonyl (C=O) groups excluding carboxylic acids is 2. The molecule has 0 radical (unpaired) electrons. The summed E-state index contributed by atoms with van der Waals surface area (Å²) < 4.78 is 25.6. The van der Waals surface area contributed by atoms with Gasteiger partial charge in [0.2, 0.25) is 23.4 Å². The van der Waals surface area contributed by atoms with Crippen LogP contribution in [0.5, 0.6) is 0 Å². The molecule has 10 heteroatoms. The molecule has 5 rings (SSSR count). The number of halogens is 1. The lowest BCUT2D eigenvalue weighted by molar-refractivity contribution is -0.119. The third-order valence-electron chi connectivity index (χ3n) is 6.20. The number of oxazole rings is 1. The maximum atomic E-state index is 14.9. The van der Waals surface area contributed by atoms with Crippen LogP contribution in [0.1, 0.15) is 36.4 Å². The Labute approximate surface area is 182 Å². The van der Waals surface area contributed by atoms with Gasteiger partial charge in [0, 0.05) is 18.4 Å². The number of nitrogens with one attached hydrogen (secondary N) is 1. The highest BCUT2D eigenvalue weighted by Gasteiger charge is 2.56. The summed E-state index contributed by atoms with van der Waals surface area (Å²) in [7, 11) is 0. The third kappa shape index (κ3) is 3.36. The molecule has 1 aromatic heterocycles. The molecule has 1 saturated carbocycles. The summed E-state index contributed by atoms with van der Waals surface area (Å²) in [6, 6.07) is 6.59. The molecule has 9 nitrogen and oxygen atoms in total. The van der Waals surface area contributed by atoms with Crippen molar-refractivity contribution < 1.29 is 23.1 Å². The van der Waals surface area contributed by atoms with Crippen molar-refractivity contribution in [2.45, 2.75) is 25.4 Å². The lowest BCUT2D eigenvalue weighted by Gasteiger charge is -2.15. The summed E-state index contributed by atoms with van der Waals surface area (Å²) in [5, 5.41) is 11.6. The van der Waals surface area contributed by atoms with Gasteiger partial charge >= 0.3 is 6.09 Å².